The van der Waals surface area contributed by atoms with Crippen LogP contribution in [0.3, 0.4) is 0 Å². The second-order valence-corrected chi connectivity index (χ2v) is 4.04. The summed E-state index contributed by atoms with van der Waals surface area (Å²) in [6.07, 6.45) is 0. The van der Waals surface area contributed by atoms with Crippen molar-refractivity contribution in [3.05, 3.63) is 24.3 Å². The van der Waals surface area contributed by atoms with Crippen molar-refractivity contribution in [2.24, 2.45) is 0 Å². The molecule has 1 aromatic rings. The summed E-state index contributed by atoms with van der Waals surface area (Å²) in [4.78, 5) is 21.9. The molecule has 0 saturated carbocycles. The van der Waals surface area contributed by atoms with Crippen LogP contribution < -0.4 is 10.6 Å². The van der Waals surface area contributed by atoms with E-state index in [9.17, 15) is 9.59 Å². The van der Waals surface area contributed by atoms with Crippen molar-refractivity contribution in [2.75, 3.05) is 37.0 Å². The fourth-order valence-electron chi connectivity index (χ4n) is 1.50. The number of hydrogen-bond donors (Lipinski definition) is 2. The van der Waals surface area contributed by atoms with Gasteiger partial charge >= 0.3 is 5.97 Å². The molecule has 0 radical (unpaired) electrons. The van der Waals surface area contributed by atoms with E-state index >= 15 is 0 Å². The molecule has 2 N–H and O–H groups in total. The Hall–Kier alpha value is -2.08. The monoisotopic (exact) mass is 280 g/mol. The van der Waals surface area contributed by atoms with Gasteiger partial charge in [0.15, 0.2) is 0 Å². The minimum atomic E-state index is -0.354. The Labute approximate surface area is 118 Å². The average Bonchev–Trinajstić information content (AvgIpc) is 2.40. The van der Waals surface area contributed by atoms with Gasteiger partial charge in [-0.25, -0.2) is 4.79 Å². The summed E-state index contributed by atoms with van der Waals surface area (Å²) in [6, 6.07) is 7.33. The zero-order chi connectivity index (χ0) is 14.8. The van der Waals surface area contributed by atoms with E-state index in [0.29, 0.717) is 19.8 Å². The molecule has 0 atom stereocenters. The predicted molar refractivity (Wildman–Crippen MR) is 76.7 cm³/mol. The van der Waals surface area contributed by atoms with Crippen LogP contribution in [0, 0.1) is 0 Å². The summed E-state index contributed by atoms with van der Waals surface area (Å²) in [5, 5.41) is 5.83. The fraction of sp³-hybridized carbons (Fsp3) is 0.429. The highest BCUT2D eigenvalue weighted by Crippen LogP contribution is 2.12. The van der Waals surface area contributed by atoms with E-state index in [0.717, 1.165) is 11.4 Å². The molecule has 0 aliphatic heterocycles. The van der Waals surface area contributed by atoms with E-state index in [2.05, 4.69) is 10.6 Å². The topological polar surface area (TPSA) is 76.7 Å². The standard InChI is InChI=1S/C14H20N2O4/c1-3-20-14(18)10-19-9-8-15-12-4-6-13(7-5-12)16-11(2)17/h4-7,15H,3,8-10H2,1-2H3,(H,16,17). The van der Waals surface area contributed by atoms with Gasteiger partial charge in [-0.1, -0.05) is 0 Å². The summed E-state index contributed by atoms with van der Waals surface area (Å²) in [7, 11) is 0. The number of carbonyl (C=O) groups excluding carboxylic acids is 2. The number of rotatable bonds is 8. The van der Waals surface area contributed by atoms with Gasteiger partial charge in [0.1, 0.15) is 6.61 Å². The Bertz CT molecular complexity index is 431. The van der Waals surface area contributed by atoms with E-state index in [1.807, 2.05) is 24.3 Å². The molecule has 20 heavy (non-hydrogen) atoms. The molecule has 0 spiro atoms. The maximum atomic E-state index is 11.0. The molecule has 1 rings (SSSR count). The first-order chi connectivity index (χ1) is 9.61. The summed E-state index contributed by atoms with van der Waals surface area (Å²) in [5.41, 5.74) is 1.67. The van der Waals surface area contributed by atoms with Crippen LogP contribution in [0.2, 0.25) is 0 Å². The summed E-state index contributed by atoms with van der Waals surface area (Å²) < 4.78 is 9.88. The van der Waals surface area contributed by atoms with Crippen molar-refractivity contribution < 1.29 is 19.1 Å². The van der Waals surface area contributed by atoms with Crippen LogP contribution in [0.1, 0.15) is 13.8 Å². The zero-order valence-electron chi connectivity index (χ0n) is 11.8. The molecular weight excluding hydrogens is 260 g/mol. The third kappa shape index (κ3) is 6.75. The van der Waals surface area contributed by atoms with Crippen LogP contribution in [0.4, 0.5) is 11.4 Å². The molecule has 1 amide bonds. The van der Waals surface area contributed by atoms with Gasteiger partial charge in [0, 0.05) is 24.8 Å². The quantitative estimate of drug-likeness (QED) is 0.559. The van der Waals surface area contributed by atoms with Crippen molar-refractivity contribution in [2.45, 2.75) is 13.8 Å². The number of amides is 1. The molecular formula is C14H20N2O4. The summed E-state index contributed by atoms with van der Waals surface area (Å²) in [6.45, 7) is 4.54. The first-order valence-electron chi connectivity index (χ1n) is 6.46. The molecule has 6 heteroatoms. The summed E-state index contributed by atoms with van der Waals surface area (Å²) in [5.74, 6) is -0.453. The molecule has 0 aromatic heterocycles. The van der Waals surface area contributed by atoms with Crippen LogP contribution in [-0.2, 0) is 19.1 Å². The van der Waals surface area contributed by atoms with Crippen molar-refractivity contribution in [3.8, 4) is 0 Å². The lowest BCUT2D eigenvalue weighted by Crippen LogP contribution is -2.16. The maximum Gasteiger partial charge on any atom is 0.332 e. The lowest BCUT2D eigenvalue weighted by atomic mass is 10.3. The third-order valence-corrected chi connectivity index (χ3v) is 2.31. The van der Waals surface area contributed by atoms with Crippen molar-refractivity contribution >= 4 is 23.3 Å². The fourth-order valence-corrected chi connectivity index (χ4v) is 1.50. The number of nitrogens with one attached hydrogen (secondary N) is 2. The molecule has 0 aliphatic carbocycles. The van der Waals surface area contributed by atoms with Crippen LogP contribution in [0.25, 0.3) is 0 Å². The normalized spacial score (nSPS) is 9.90. The molecule has 0 heterocycles. The summed E-state index contributed by atoms with van der Waals surface area (Å²) >= 11 is 0. The smallest absolute Gasteiger partial charge is 0.332 e. The van der Waals surface area contributed by atoms with Crippen molar-refractivity contribution in [3.63, 3.8) is 0 Å². The molecule has 0 bridgehead atoms. The lowest BCUT2D eigenvalue weighted by Gasteiger charge is -2.08. The van der Waals surface area contributed by atoms with Crippen molar-refractivity contribution in [1.29, 1.82) is 0 Å². The molecule has 110 valence electrons. The Morgan fingerprint density at radius 1 is 1.15 bits per heavy atom. The zero-order valence-corrected chi connectivity index (χ0v) is 11.8. The number of carbonyl (C=O) groups is 2. The van der Waals surface area contributed by atoms with Crippen molar-refractivity contribution in [1.82, 2.24) is 0 Å². The van der Waals surface area contributed by atoms with E-state index in [-0.39, 0.29) is 18.5 Å². The predicted octanol–water partition coefficient (Wildman–Crippen LogP) is 1.64. The first-order valence-corrected chi connectivity index (χ1v) is 6.46. The third-order valence-electron chi connectivity index (χ3n) is 2.31. The Balaban J connectivity index is 2.19. The van der Waals surface area contributed by atoms with Gasteiger partial charge in [-0.15, -0.1) is 0 Å². The van der Waals surface area contributed by atoms with E-state index < -0.39 is 0 Å². The maximum absolute atomic E-state index is 11.0. The molecule has 0 fully saturated rings. The second-order valence-electron chi connectivity index (χ2n) is 4.04. The largest absolute Gasteiger partial charge is 0.464 e. The van der Waals surface area contributed by atoms with Gasteiger partial charge in [0.05, 0.1) is 13.2 Å². The highest BCUT2D eigenvalue weighted by atomic mass is 16.6. The molecule has 0 unspecified atom stereocenters. The number of hydrogen-bond acceptors (Lipinski definition) is 5. The highest BCUT2D eigenvalue weighted by molar-refractivity contribution is 5.88. The minimum absolute atomic E-state index is 0.0308. The number of benzene rings is 1. The Kier molecular flexibility index (Phi) is 7.13. The van der Waals surface area contributed by atoms with Crippen LogP contribution in [-0.4, -0.2) is 38.2 Å². The van der Waals surface area contributed by atoms with Gasteiger partial charge in [0.2, 0.25) is 5.91 Å². The van der Waals surface area contributed by atoms with Crippen LogP contribution >= 0.6 is 0 Å². The Morgan fingerprint density at radius 3 is 2.40 bits per heavy atom. The lowest BCUT2D eigenvalue weighted by molar-refractivity contribution is -0.148. The minimum Gasteiger partial charge on any atom is -0.464 e. The molecule has 0 saturated heterocycles. The number of ether oxygens (including phenoxy) is 2. The van der Waals surface area contributed by atoms with Gasteiger partial charge in [-0.3, -0.25) is 4.79 Å². The van der Waals surface area contributed by atoms with E-state index in [1.54, 1.807) is 6.92 Å². The number of esters is 1. The number of anilines is 2. The SMILES string of the molecule is CCOC(=O)COCCNc1ccc(NC(C)=O)cc1. The molecule has 1 aromatic carbocycles. The van der Waals surface area contributed by atoms with Crippen LogP contribution in [0.15, 0.2) is 24.3 Å². The Morgan fingerprint density at radius 2 is 1.80 bits per heavy atom. The van der Waals surface area contributed by atoms with Crippen LogP contribution in [0.5, 0.6) is 0 Å². The van der Waals surface area contributed by atoms with Gasteiger partial charge < -0.3 is 20.1 Å². The first kappa shape index (κ1) is 16.0. The second kappa shape index (κ2) is 8.92. The van der Waals surface area contributed by atoms with Gasteiger partial charge in [-0.2, -0.15) is 0 Å². The molecule has 6 nitrogen and oxygen atoms in total. The van der Waals surface area contributed by atoms with E-state index in [4.69, 9.17) is 9.47 Å². The average molecular weight is 280 g/mol. The van der Waals surface area contributed by atoms with Gasteiger partial charge in [0.25, 0.3) is 0 Å². The van der Waals surface area contributed by atoms with E-state index in [1.165, 1.54) is 6.92 Å². The molecule has 0 aliphatic rings. The van der Waals surface area contributed by atoms with Gasteiger partial charge in [-0.05, 0) is 31.2 Å². The highest BCUT2D eigenvalue weighted by Gasteiger charge is 2.00.